The predicted octanol–water partition coefficient (Wildman–Crippen LogP) is 2.23. The number of hydrogen-bond donors (Lipinski definition) is 1. The van der Waals surface area contributed by atoms with Crippen LogP contribution in [-0.2, 0) is 13.1 Å². The Kier molecular flexibility index (Phi) is 6.78. The number of ether oxygens (including phenoxy) is 1. The zero-order valence-corrected chi connectivity index (χ0v) is 18.5. The Morgan fingerprint density at radius 3 is 2.78 bits per heavy atom. The topological polar surface area (TPSA) is 96.1 Å². The van der Waals surface area contributed by atoms with Gasteiger partial charge in [0.05, 0.1) is 29.4 Å². The highest BCUT2D eigenvalue weighted by atomic mass is 16.5. The fraction of sp³-hybridized carbons (Fsp3) is 0.417. The Morgan fingerprint density at radius 2 is 2.03 bits per heavy atom. The van der Waals surface area contributed by atoms with Gasteiger partial charge in [0.15, 0.2) is 0 Å². The molecule has 0 aromatic carbocycles. The van der Waals surface area contributed by atoms with E-state index in [2.05, 4.69) is 26.3 Å². The molecule has 32 heavy (non-hydrogen) atoms. The molecule has 0 bridgehead atoms. The molecule has 166 valence electrons. The largest absolute Gasteiger partial charge is 0.481 e. The maximum absolute atomic E-state index is 12.4. The molecule has 0 spiro atoms. The van der Waals surface area contributed by atoms with E-state index in [9.17, 15) is 10.1 Å². The lowest BCUT2D eigenvalue weighted by molar-refractivity contribution is 0.191. The summed E-state index contributed by atoms with van der Waals surface area (Å²) in [5.74, 6) is 0.544. The van der Waals surface area contributed by atoms with Crippen LogP contribution in [0.25, 0.3) is 11.0 Å². The van der Waals surface area contributed by atoms with Crippen molar-refractivity contribution in [3.8, 4) is 11.9 Å². The Labute approximate surface area is 187 Å². The van der Waals surface area contributed by atoms with Crippen molar-refractivity contribution in [3.63, 3.8) is 0 Å². The molecule has 8 nitrogen and oxygen atoms in total. The second kappa shape index (κ2) is 9.90. The van der Waals surface area contributed by atoms with Crippen LogP contribution >= 0.6 is 0 Å². The standard InChI is InChI=1S/C24H28N6O2/c1-17-19(14-25)13-18(15-26-17)16-27-20-7-9-29(10-8-20)11-12-30-22-4-5-23(32-2)28-21(22)3-6-24(30)31/h3-6,13,15,20,27H,7-12,16H2,1-2H3. The molecule has 3 aromatic rings. The Balaban J connectivity index is 1.30. The molecule has 0 aliphatic carbocycles. The molecule has 8 heteroatoms. The summed E-state index contributed by atoms with van der Waals surface area (Å²) < 4.78 is 6.99. The number of nitrogens with zero attached hydrogens (tertiary/aromatic N) is 5. The van der Waals surface area contributed by atoms with E-state index in [1.54, 1.807) is 29.9 Å². The maximum Gasteiger partial charge on any atom is 0.251 e. The van der Waals surface area contributed by atoms with Crippen LogP contribution in [0.3, 0.4) is 0 Å². The van der Waals surface area contributed by atoms with E-state index in [4.69, 9.17) is 4.74 Å². The van der Waals surface area contributed by atoms with E-state index < -0.39 is 0 Å². The van der Waals surface area contributed by atoms with Gasteiger partial charge in [-0.15, -0.1) is 0 Å². The van der Waals surface area contributed by atoms with Gasteiger partial charge in [0.2, 0.25) is 5.88 Å². The van der Waals surface area contributed by atoms with Gasteiger partial charge in [-0.05, 0) is 56.6 Å². The number of aromatic nitrogens is 3. The van der Waals surface area contributed by atoms with Crippen molar-refractivity contribution in [1.29, 1.82) is 5.26 Å². The molecule has 4 rings (SSSR count). The van der Waals surface area contributed by atoms with Crippen molar-refractivity contribution in [2.24, 2.45) is 0 Å². The van der Waals surface area contributed by atoms with Crippen molar-refractivity contribution >= 4 is 11.0 Å². The minimum atomic E-state index is -0.00975. The number of aryl methyl sites for hydroxylation is 1. The number of pyridine rings is 3. The van der Waals surface area contributed by atoms with Gasteiger partial charge >= 0.3 is 0 Å². The lowest BCUT2D eigenvalue weighted by Gasteiger charge is -2.32. The number of nitrogens with one attached hydrogen (secondary N) is 1. The first kappa shape index (κ1) is 21.9. The molecule has 1 aliphatic heterocycles. The number of likely N-dealkylation sites (tertiary alicyclic amines) is 1. The van der Waals surface area contributed by atoms with Gasteiger partial charge in [-0.25, -0.2) is 4.98 Å². The third-order valence-corrected chi connectivity index (χ3v) is 6.11. The van der Waals surface area contributed by atoms with Gasteiger partial charge in [0, 0.05) is 44.0 Å². The van der Waals surface area contributed by atoms with Crippen LogP contribution in [0.1, 0.15) is 29.7 Å². The van der Waals surface area contributed by atoms with E-state index in [1.807, 2.05) is 25.3 Å². The first-order valence-electron chi connectivity index (χ1n) is 10.9. The molecule has 4 heterocycles. The second-order valence-electron chi connectivity index (χ2n) is 8.17. The minimum absolute atomic E-state index is 0.00975. The zero-order valence-electron chi connectivity index (χ0n) is 18.5. The van der Waals surface area contributed by atoms with E-state index >= 15 is 0 Å². The first-order valence-corrected chi connectivity index (χ1v) is 10.9. The molecule has 1 N–H and O–H groups in total. The van der Waals surface area contributed by atoms with Crippen LogP contribution < -0.4 is 15.6 Å². The smallest absolute Gasteiger partial charge is 0.251 e. The van der Waals surface area contributed by atoms with Crippen LogP contribution in [0.5, 0.6) is 5.88 Å². The molecule has 1 fully saturated rings. The van der Waals surface area contributed by atoms with Crippen molar-refractivity contribution in [1.82, 2.24) is 24.8 Å². The minimum Gasteiger partial charge on any atom is -0.481 e. The average Bonchev–Trinajstić information content (AvgIpc) is 2.83. The summed E-state index contributed by atoms with van der Waals surface area (Å²) in [4.78, 5) is 23.6. The number of fused-ring (bicyclic) bond motifs is 1. The Hall–Kier alpha value is -3.28. The van der Waals surface area contributed by atoms with Crippen LogP contribution in [0.4, 0.5) is 0 Å². The van der Waals surface area contributed by atoms with Crippen LogP contribution in [-0.4, -0.2) is 52.2 Å². The van der Waals surface area contributed by atoms with Crippen LogP contribution in [0, 0.1) is 18.3 Å². The molecule has 0 saturated carbocycles. The number of nitriles is 1. The SMILES string of the molecule is COc1ccc2c(ccc(=O)n2CCN2CCC(NCc3cnc(C)c(C#N)c3)CC2)n1. The highest BCUT2D eigenvalue weighted by molar-refractivity contribution is 5.75. The molecular weight excluding hydrogens is 404 g/mol. The van der Waals surface area contributed by atoms with E-state index in [0.717, 1.165) is 54.8 Å². The summed E-state index contributed by atoms with van der Waals surface area (Å²) in [5.41, 5.74) is 4.02. The summed E-state index contributed by atoms with van der Waals surface area (Å²) in [5, 5.41) is 12.8. The lowest BCUT2D eigenvalue weighted by Crippen LogP contribution is -2.43. The van der Waals surface area contributed by atoms with Crippen molar-refractivity contribution < 1.29 is 4.74 Å². The fourth-order valence-electron chi connectivity index (χ4n) is 4.15. The second-order valence-corrected chi connectivity index (χ2v) is 8.17. The maximum atomic E-state index is 12.4. The number of methoxy groups -OCH3 is 1. The molecule has 0 amide bonds. The molecule has 3 aromatic heterocycles. The van der Waals surface area contributed by atoms with Gasteiger partial charge in [0.1, 0.15) is 6.07 Å². The highest BCUT2D eigenvalue weighted by Crippen LogP contribution is 2.16. The van der Waals surface area contributed by atoms with Gasteiger partial charge in [-0.1, -0.05) is 0 Å². The van der Waals surface area contributed by atoms with Crippen molar-refractivity contribution in [3.05, 3.63) is 63.7 Å². The van der Waals surface area contributed by atoms with Crippen molar-refractivity contribution in [2.45, 2.75) is 38.9 Å². The summed E-state index contributed by atoms with van der Waals surface area (Å²) in [6, 6.07) is 11.6. The average molecular weight is 433 g/mol. The number of hydrogen-bond acceptors (Lipinski definition) is 7. The van der Waals surface area contributed by atoms with Crippen molar-refractivity contribution in [2.75, 3.05) is 26.7 Å². The normalized spacial score (nSPS) is 15.0. The van der Waals surface area contributed by atoms with Gasteiger partial charge in [-0.2, -0.15) is 5.26 Å². The Morgan fingerprint density at radius 1 is 1.22 bits per heavy atom. The number of piperidine rings is 1. The quantitative estimate of drug-likeness (QED) is 0.612. The summed E-state index contributed by atoms with van der Waals surface area (Å²) in [6.07, 6.45) is 3.94. The highest BCUT2D eigenvalue weighted by Gasteiger charge is 2.19. The van der Waals surface area contributed by atoms with E-state index in [0.29, 0.717) is 30.6 Å². The third-order valence-electron chi connectivity index (χ3n) is 6.11. The molecule has 1 aliphatic rings. The van der Waals surface area contributed by atoms with Gasteiger partial charge in [0.25, 0.3) is 5.56 Å². The third kappa shape index (κ3) is 4.96. The zero-order chi connectivity index (χ0) is 22.5. The Bertz CT molecular complexity index is 1190. The predicted molar refractivity (Wildman–Crippen MR) is 123 cm³/mol. The monoisotopic (exact) mass is 432 g/mol. The van der Waals surface area contributed by atoms with E-state index in [-0.39, 0.29) is 5.56 Å². The first-order chi connectivity index (χ1) is 15.6. The summed E-state index contributed by atoms with van der Waals surface area (Å²) in [6.45, 7) is 6.00. The van der Waals surface area contributed by atoms with Gasteiger partial charge in [-0.3, -0.25) is 9.78 Å². The number of rotatable bonds is 7. The lowest BCUT2D eigenvalue weighted by atomic mass is 10.0. The van der Waals surface area contributed by atoms with Crippen LogP contribution in [0.2, 0.25) is 0 Å². The summed E-state index contributed by atoms with van der Waals surface area (Å²) >= 11 is 0. The molecule has 0 atom stereocenters. The van der Waals surface area contributed by atoms with Crippen LogP contribution in [0.15, 0.2) is 41.3 Å². The molecular formula is C24H28N6O2. The molecule has 1 saturated heterocycles. The van der Waals surface area contributed by atoms with Gasteiger partial charge < -0.3 is 19.5 Å². The summed E-state index contributed by atoms with van der Waals surface area (Å²) in [7, 11) is 1.59. The van der Waals surface area contributed by atoms with E-state index in [1.165, 1.54) is 0 Å². The molecule has 0 unspecified atom stereocenters. The molecule has 0 radical (unpaired) electrons. The fourth-order valence-corrected chi connectivity index (χ4v) is 4.15.